The van der Waals surface area contributed by atoms with Crippen molar-refractivity contribution in [2.45, 2.75) is 44.4 Å². The van der Waals surface area contributed by atoms with Crippen LogP contribution in [0.25, 0.3) is 0 Å². The van der Waals surface area contributed by atoms with Gasteiger partial charge in [-0.1, -0.05) is 0 Å². The Kier molecular flexibility index (Phi) is 3.95. The molecule has 1 aromatic carbocycles. The van der Waals surface area contributed by atoms with E-state index in [1.165, 1.54) is 12.8 Å². The Morgan fingerprint density at radius 2 is 1.86 bits per heavy atom. The molecular formula is C17H25NO4. The van der Waals surface area contributed by atoms with Gasteiger partial charge in [-0.05, 0) is 39.8 Å². The molecular weight excluding hydrogens is 282 g/mol. The summed E-state index contributed by atoms with van der Waals surface area (Å²) in [7, 11) is 3.21. The molecule has 0 aromatic heterocycles. The topological polar surface area (TPSA) is 51.2 Å². The number of aliphatic hydroxyl groups excluding tert-OH is 1. The van der Waals surface area contributed by atoms with Crippen molar-refractivity contribution in [2.75, 3.05) is 27.3 Å². The second-order valence-electron chi connectivity index (χ2n) is 6.58. The number of rotatable bonds is 3. The van der Waals surface area contributed by atoms with Crippen LogP contribution in [0.3, 0.4) is 0 Å². The van der Waals surface area contributed by atoms with Gasteiger partial charge in [0.2, 0.25) is 0 Å². The molecule has 2 atom stereocenters. The highest BCUT2D eigenvalue weighted by Gasteiger charge is 2.48. The van der Waals surface area contributed by atoms with Gasteiger partial charge in [0.1, 0.15) is 29.0 Å². The largest absolute Gasteiger partial charge is 0.496 e. The van der Waals surface area contributed by atoms with Gasteiger partial charge in [0, 0.05) is 12.1 Å². The Morgan fingerprint density at radius 1 is 1.18 bits per heavy atom. The smallest absolute Gasteiger partial charge is 0.133 e. The summed E-state index contributed by atoms with van der Waals surface area (Å²) in [5.41, 5.74) is 0.244. The minimum absolute atomic E-state index is 0.0789. The molecule has 1 saturated heterocycles. The van der Waals surface area contributed by atoms with E-state index in [-0.39, 0.29) is 6.04 Å². The number of aliphatic hydroxyl groups is 1. The molecule has 5 nitrogen and oxygen atoms in total. The van der Waals surface area contributed by atoms with E-state index in [0.29, 0.717) is 17.2 Å². The monoisotopic (exact) mass is 307 g/mol. The Hall–Kier alpha value is -1.46. The van der Waals surface area contributed by atoms with Crippen LogP contribution in [0.15, 0.2) is 12.1 Å². The molecule has 3 rings (SSSR count). The molecule has 2 heterocycles. The Balaban J connectivity index is 2.07. The number of hydrogen-bond donors (Lipinski definition) is 1. The van der Waals surface area contributed by atoms with E-state index in [2.05, 4.69) is 4.90 Å². The normalized spacial score (nSPS) is 27.1. The van der Waals surface area contributed by atoms with Crippen LogP contribution in [0.4, 0.5) is 0 Å². The Morgan fingerprint density at radius 3 is 2.45 bits per heavy atom. The van der Waals surface area contributed by atoms with E-state index < -0.39 is 11.7 Å². The number of benzene rings is 1. The van der Waals surface area contributed by atoms with E-state index >= 15 is 0 Å². The second kappa shape index (κ2) is 5.63. The lowest BCUT2D eigenvalue weighted by Gasteiger charge is -2.47. The van der Waals surface area contributed by atoms with Crippen molar-refractivity contribution in [3.8, 4) is 17.2 Å². The highest BCUT2D eigenvalue weighted by Crippen LogP contribution is 2.48. The van der Waals surface area contributed by atoms with Gasteiger partial charge in [-0.25, -0.2) is 0 Å². The second-order valence-corrected chi connectivity index (χ2v) is 6.58. The fraction of sp³-hybridized carbons (Fsp3) is 0.647. The first-order valence-corrected chi connectivity index (χ1v) is 7.85. The first kappa shape index (κ1) is 15.4. The average molecular weight is 307 g/mol. The molecule has 122 valence electrons. The van der Waals surface area contributed by atoms with Gasteiger partial charge in [-0.15, -0.1) is 0 Å². The SMILES string of the molecule is COc1cc(OC)c2c(c1)OC(C)(C)C(N1CCCC1)C2O. The van der Waals surface area contributed by atoms with Crippen LogP contribution in [0, 0.1) is 0 Å². The van der Waals surface area contributed by atoms with Gasteiger partial charge >= 0.3 is 0 Å². The molecule has 2 aliphatic heterocycles. The van der Waals surface area contributed by atoms with Crippen LogP contribution in [-0.4, -0.2) is 49.0 Å². The number of methoxy groups -OCH3 is 2. The summed E-state index contributed by atoms with van der Waals surface area (Å²) in [5, 5.41) is 11.1. The van der Waals surface area contributed by atoms with E-state index in [4.69, 9.17) is 14.2 Å². The van der Waals surface area contributed by atoms with Crippen LogP contribution < -0.4 is 14.2 Å². The summed E-state index contributed by atoms with van der Waals surface area (Å²) < 4.78 is 17.0. The number of ether oxygens (including phenoxy) is 3. The lowest BCUT2D eigenvalue weighted by Crippen LogP contribution is -2.57. The summed E-state index contributed by atoms with van der Waals surface area (Å²) in [6, 6.07) is 3.54. The maximum absolute atomic E-state index is 11.1. The van der Waals surface area contributed by atoms with Crippen LogP contribution >= 0.6 is 0 Å². The highest BCUT2D eigenvalue weighted by molar-refractivity contribution is 5.54. The predicted octanol–water partition coefficient (Wildman–Crippen LogP) is 2.37. The maximum atomic E-state index is 11.1. The molecule has 2 unspecified atom stereocenters. The van der Waals surface area contributed by atoms with Crippen molar-refractivity contribution in [3.63, 3.8) is 0 Å². The number of likely N-dealkylation sites (tertiary alicyclic amines) is 1. The molecule has 1 aromatic rings. The standard InChI is InChI=1S/C17H25NO4/c1-17(2)16(18-7-5-6-8-18)15(19)14-12(21-4)9-11(20-3)10-13(14)22-17/h9-10,15-16,19H,5-8H2,1-4H3. The summed E-state index contributed by atoms with van der Waals surface area (Å²) >= 11 is 0. The predicted molar refractivity (Wildman–Crippen MR) is 83.8 cm³/mol. The maximum Gasteiger partial charge on any atom is 0.133 e. The third-order valence-corrected chi connectivity index (χ3v) is 4.75. The highest BCUT2D eigenvalue weighted by atomic mass is 16.5. The van der Waals surface area contributed by atoms with Crippen LogP contribution in [0.5, 0.6) is 17.2 Å². The third-order valence-electron chi connectivity index (χ3n) is 4.75. The van der Waals surface area contributed by atoms with E-state index in [9.17, 15) is 5.11 Å². The third kappa shape index (κ3) is 2.42. The summed E-state index contributed by atoms with van der Waals surface area (Å²) in [6.07, 6.45) is 1.70. The van der Waals surface area contributed by atoms with Crippen molar-refractivity contribution in [1.82, 2.24) is 4.90 Å². The van der Waals surface area contributed by atoms with Crippen molar-refractivity contribution in [1.29, 1.82) is 0 Å². The lowest BCUT2D eigenvalue weighted by atomic mass is 9.84. The molecule has 0 bridgehead atoms. The molecule has 0 spiro atoms. The average Bonchev–Trinajstić information content (AvgIpc) is 2.98. The summed E-state index contributed by atoms with van der Waals surface area (Å²) in [4.78, 5) is 2.33. The van der Waals surface area contributed by atoms with Gasteiger partial charge in [0.05, 0.1) is 25.8 Å². The molecule has 0 amide bonds. The summed E-state index contributed by atoms with van der Waals surface area (Å²) in [6.45, 7) is 6.08. The number of fused-ring (bicyclic) bond motifs is 1. The molecule has 1 fully saturated rings. The molecule has 0 radical (unpaired) electrons. The van der Waals surface area contributed by atoms with E-state index in [0.717, 1.165) is 18.7 Å². The van der Waals surface area contributed by atoms with Crippen molar-refractivity contribution >= 4 is 0 Å². The van der Waals surface area contributed by atoms with Crippen molar-refractivity contribution in [3.05, 3.63) is 17.7 Å². The van der Waals surface area contributed by atoms with Gasteiger partial charge < -0.3 is 19.3 Å². The number of hydrogen-bond acceptors (Lipinski definition) is 5. The Bertz CT molecular complexity index is 552. The van der Waals surface area contributed by atoms with Crippen LogP contribution in [-0.2, 0) is 0 Å². The number of nitrogens with zero attached hydrogens (tertiary/aromatic N) is 1. The fourth-order valence-electron chi connectivity index (χ4n) is 3.78. The molecule has 1 N–H and O–H groups in total. The molecule has 2 aliphatic rings. The van der Waals surface area contributed by atoms with Gasteiger partial charge in [-0.2, -0.15) is 0 Å². The molecule has 5 heteroatoms. The fourth-order valence-corrected chi connectivity index (χ4v) is 3.78. The zero-order valence-electron chi connectivity index (χ0n) is 13.8. The minimum Gasteiger partial charge on any atom is -0.496 e. The van der Waals surface area contributed by atoms with Crippen molar-refractivity contribution in [2.24, 2.45) is 0 Å². The first-order chi connectivity index (χ1) is 10.5. The van der Waals surface area contributed by atoms with E-state index in [1.807, 2.05) is 19.9 Å². The lowest BCUT2D eigenvalue weighted by molar-refractivity contribution is -0.0767. The molecule has 22 heavy (non-hydrogen) atoms. The summed E-state index contributed by atoms with van der Waals surface area (Å²) in [5.74, 6) is 1.92. The quantitative estimate of drug-likeness (QED) is 0.929. The minimum atomic E-state index is -0.641. The Labute approximate surface area is 131 Å². The zero-order chi connectivity index (χ0) is 15.9. The van der Waals surface area contributed by atoms with Gasteiger partial charge in [0.25, 0.3) is 0 Å². The molecule has 0 saturated carbocycles. The zero-order valence-corrected chi connectivity index (χ0v) is 13.8. The van der Waals surface area contributed by atoms with E-state index in [1.54, 1.807) is 20.3 Å². The van der Waals surface area contributed by atoms with Crippen molar-refractivity contribution < 1.29 is 19.3 Å². The van der Waals surface area contributed by atoms with Gasteiger partial charge in [0.15, 0.2) is 0 Å². The van der Waals surface area contributed by atoms with Gasteiger partial charge in [-0.3, -0.25) is 4.90 Å². The van der Waals surface area contributed by atoms with Crippen LogP contribution in [0.1, 0.15) is 38.4 Å². The first-order valence-electron chi connectivity index (χ1n) is 7.85. The molecule has 0 aliphatic carbocycles. The van der Waals surface area contributed by atoms with Crippen LogP contribution in [0.2, 0.25) is 0 Å².